The van der Waals surface area contributed by atoms with Crippen molar-refractivity contribution >= 4 is 27.8 Å². The van der Waals surface area contributed by atoms with Crippen LogP contribution in [0.2, 0.25) is 0 Å². The third-order valence-electron chi connectivity index (χ3n) is 2.43. The maximum Gasteiger partial charge on any atom is 0.423 e. The molecule has 0 amide bonds. The highest BCUT2D eigenvalue weighted by Crippen LogP contribution is 2.41. The molecule has 95 valence electrons. The van der Waals surface area contributed by atoms with Crippen molar-refractivity contribution in [3.05, 3.63) is 60.7 Å². The number of benzene rings is 2. The summed E-state index contributed by atoms with van der Waals surface area (Å²) in [5, 5.41) is 32.7. The molecule has 0 fully saturated rings. The lowest BCUT2D eigenvalue weighted by Crippen LogP contribution is -2.02. The van der Waals surface area contributed by atoms with Crippen LogP contribution in [-0.4, -0.2) is 14.8 Å². The molecular weight excluding hydrogens is 258 g/mol. The molecule has 0 heterocycles. The van der Waals surface area contributed by atoms with E-state index in [4.69, 9.17) is 0 Å². The second-order valence-corrected chi connectivity index (χ2v) is 3.49. The van der Waals surface area contributed by atoms with Crippen LogP contribution in [0.5, 0.6) is 0 Å². The van der Waals surface area contributed by atoms with Gasteiger partial charge in [0, 0.05) is 5.39 Å². The van der Waals surface area contributed by atoms with Crippen molar-refractivity contribution in [2.45, 2.75) is 0 Å². The van der Waals surface area contributed by atoms with Crippen LogP contribution in [0.3, 0.4) is 0 Å². The summed E-state index contributed by atoms with van der Waals surface area (Å²) in [5.41, 5.74) is -3.07. The van der Waals surface area contributed by atoms with Crippen molar-refractivity contribution in [2.24, 2.45) is 0 Å². The van der Waals surface area contributed by atoms with E-state index >= 15 is 0 Å². The first-order chi connectivity index (χ1) is 8.93. The zero-order valence-corrected chi connectivity index (χ0v) is 9.10. The van der Waals surface area contributed by atoms with Gasteiger partial charge in [-0.15, -0.1) is 0 Å². The minimum absolute atomic E-state index is 0.0650. The number of nitro benzene ring substituents is 3. The van der Waals surface area contributed by atoms with Gasteiger partial charge >= 0.3 is 17.1 Å². The third kappa shape index (κ3) is 1.92. The van der Waals surface area contributed by atoms with Gasteiger partial charge in [0.2, 0.25) is 0 Å². The van der Waals surface area contributed by atoms with E-state index in [9.17, 15) is 30.3 Å². The van der Waals surface area contributed by atoms with E-state index in [-0.39, 0.29) is 10.8 Å². The molecule has 2 aromatic rings. The van der Waals surface area contributed by atoms with Crippen molar-refractivity contribution in [2.75, 3.05) is 0 Å². The number of hydrogen-bond acceptors (Lipinski definition) is 6. The first-order valence-corrected chi connectivity index (χ1v) is 4.84. The number of nitrogens with zero attached hydrogens (tertiary/aromatic N) is 3. The molecule has 0 aliphatic carbocycles. The molecule has 0 N–H and O–H groups in total. The van der Waals surface area contributed by atoms with Gasteiger partial charge in [-0.2, -0.15) is 0 Å². The van der Waals surface area contributed by atoms with Gasteiger partial charge in [0.25, 0.3) is 0 Å². The molecular formula is C10H4N3O6. The number of fused-ring (bicyclic) bond motifs is 1. The van der Waals surface area contributed by atoms with Crippen LogP contribution in [0.4, 0.5) is 17.1 Å². The Kier molecular flexibility index (Phi) is 2.79. The zero-order valence-electron chi connectivity index (χ0n) is 9.10. The predicted octanol–water partition coefficient (Wildman–Crippen LogP) is 2.36. The van der Waals surface area contributed by atoms with Crippen LogP contribution in [0, 0.1) is 36.4 Å². The molecule has 0 bridgehead atoms. The summed E-state index contributed by atoms with van der Waals surface area (Å²) in [5.74, 6) is 0. The summed E-state index contributed by atoms with van der Waals surface area (Å²) in [6, 6.07) is 7.81. The maximum absolute atomic E-state index is 11.0. The van der Waals surface area contributed by atoms with Crippen molar-refractivity contribution in [3.63, 3.8) is 0 Å². The van der Waals surface area contributed by atoms with E-state index < -0.39 is 31.8 Å². The minimum Gasteiger partial charge on any atom is -0.258 e. The van der Waals surface area contributed by atoms with Crippen LogP contribution in [0.1, 0.15) is 0 Å². The van der Waals surface area contributed by atoms with E-state index in [0.717, 1.165) is 0 Å². The van der Waals surface area contributed by atoms with Gasteiger partial charge in [0.15, 0.2) is 0 Å². The Balaban J connectivity index is 3.04. The second-order valence-electron chi connectivity index (χ2n) is 3.49. The topological polar surface area (TPSA) is 129 Å². The Morgan fingerprint density at radius 3 is 1.95 bits per heavy atom. The quantitative estimate of drug-likeness (QED) is 0.616. The van der Waals surface area contributed by atoms with Gasteiger partial charge in [0.05, 0.1) is 26.2 Å². The molecule has 0 saturated heterocycles. The van der Waals surface area contributed by atoms with E-state index in [0.29, 0.717) is 0 Å². The van der Waals surface area contributed by atoms with Crippen LogP contribution in [0.25, 0.3) is 10.8 Å². The standard InChI is InChI=1S/C10H4N3O6/c14-11(15)8-5-6-3-1-2-4-7(6)9(12(16)17)10(8)13(18)19/h1-4H. The molecule has 0 aliphatic rings. The molecule has 2 rings (SSSR count). The summed E-state index contributed by atoms with van der Waals surface area (Å²) in [6.07, 6.45) is 0. The van der Waals surface area contributed by atoms with Gasteiger partial charge in [-0.3, -0.25) is 30.3 Å². The van der Waals surface area contributed by atoms with Crippen molar-refractivity contribution in [1.82, 2.24) is 0 Å². The average molecular weight is 262 g/mol. The lowest BCUT2D eigenvalue weighted by Gasteiger charge is -2.01. The fourth-order valence-electron chi connectivity index (χ4n) is 1.71. The Hall–Kier alpha value is -3.10. The van der Waals surface area contributed by atoms with E-state index in [1.54, 1.807) is 0 Å². The van der Waals surface area contributed by atoms with Gasteiger partial charge in [-0.1, -0.05) is 18.2 Å². The molecule has 2 aromatic carbocycles. The second kappa shape index (κ2) is 4.29. The van der Waals surface area contributed by atoms with Crippen LogP contribution in [-0.2, 0) is 0 Å². The maximum atomic E-state index is 11.0. The molecule has 9 heteroatoms. The molecule has 0 atom stereocenters. The fourth-order valence-corrected chi connectivity index (χ4v) is 1.71. The van der Waals surface area contributed by atoms with Gasteiger partial charge in [-0.05, 0) is 6.07 Å². The summed E-state index contributed by atoms with van der Waals surface area (Å²) in [4.78, 5) is 29.4. The smallest absolute Gasteiger partial charge is 0.258 e. The van der Waals surface area contributed by atoms with Crippen molar-refractivity contribution in [3.8, 4) is 0 Å². The SMILES string of the molecule is O=[N+]([O-])c1[c]c2ccccc2c([N+](=O)[O-])c1[N+](=O)[O-]. The van der Waals surface area contributed by atoms with Crippen LogP contribution in [0.15, 0.2) is 24.3 Å². The van der Waals surface area contributed by atoms with E-state index in [2.05, 4.69) is 6.07 Å². The largest absolute Gasteiger partial charge is 0.423 e. The number of hydrogen-bond donors (Lipinski definition) is 0. The normalized spacial score (nSPS) is 10.3. The third-order valence-corrected chi connectivity index (χ3v) is 2.43. The number of rotatable bonds is 3. The molecule has 0 spiro atoms. The Morgan fingerprint density at radius 2 is 1.42 bits per heavy atom. The summed E-state index contributed by atoms with van der Waals surface area (Å²) in [6.45, 7) is 0. The van der Waals surface area contributed by atoms with Crippen molar-refractivity contribution in [1.29, 1.82) is 0 Å². The Morgan fingerprint density at radius 1 is 0.842 bits per heavy atom. The molecule has 0 saturated carbocycles. The minimum atomic E-state index is -1.16. The summed E-state index contributed by atoms with van der Waals surface area (Å²) < 4.78 is 0. The van der Waals surface area contributed by atoms with Gasteiger partial charge in [-0.25, -0.2) is 0 Å². The van der Waals surface area contributed by atoms with Crippen molar-refractivity contribution < 1.29 is 14.8 Å². The first kappa shape index (κ1) is 12.4. The summed E-state index contributed by atoms with van der Waals surface area (Å²) in [7, 11) is 0. The molecule has 19 heavy (non-hydrogen) atoms. The molecule has 0 aliphatic heterocycles. The molecule has 1 radical (unpaired) electrons. The molecule has 0 aromatic heterocycles. The average Bonchev–Trinajstić information content (AvgIpc) is 2.35. The monoisotopic (exact) mass is 262 g/mol. The van der Waals surface area contributed by atoms with E-state index in [1.807, 2.05) is 0 Å². The lowest BCUT2D eigenvalue weighted by molar-refractivity contribution is -0.440. The highest BCUT2D eigenvalue weighted by Gasteiger charge is 2.38. The molecule has 9 nitrogen and oxygen atoms in total. The number of nitro groups is 3. The lowest BCUT2D eigenvalue weighted by atomic mass is 10.1. The fraction of sp³-hybridized carbons (Fsp3) is 0. The highest BCUT2D eigenvalue weighted by molar-refractivity contribution is 5.97. The van der Waals surface area contributed by atoms with Gasteiger partial charge in [0.1, 0.15) is 0 Å². The predicted molar refractivity (Wildman–Crippen MR) is 62.7 cm³/mol. The first-order valence-electron chi connectivity index (χ1n) is 4.84. The zero-order chi connectivity index (χ0) is 14.2. The van der Waals surface area contributed by atoms with Crippen LogP contribution >= 0.6 is 0 Å². The van der Waals surface area contributed by atoms with Crippen LogP contribution < -0.4 is 0 Å². The molecule has 0 unspecified atom stereocenters. The summed E-state index contributed by atoms with van der Waals surface area (Å²) >= 11 is 0. The highest BCUT2D eigenvalue weighted by atomic mass is 16.6. The van der Waals surface area contributed by atoms with E-state index in [1.165, 1.54) is 24.3 Å². The Labute approximate surface area is 104 Å². The van der Waals surface area contributed by atoms with Gasteiger partial charge < -0.3 is 0 Å². The Bertz CT molecular complexity index is 727.